The van der Waals surface area contributed by atoms with Crippen molar-refractivity contribution >= 4 is 12.4 Å². The third kappa shape index (κ3) is 3.69. The Kier molecular flexibility index (Phi) is 6.00. The number of nitrogens with two attached hydrogens (primary N) is 1. The van der Waals surface area contributed by atoms with E-state index in [0.717, 1.165) is 25.3 Å². The molecule has 3 rings (SSSR count). The van der Waals surface area contributed by atoms with Crippen LogP contribution in [0.15, 0.2) is 43.0 Å². The maximum absolute atomic E-state index is 5.97. The quantitative estimate of drug-likeness (QED) is 0.942. The highest BCUT2D eigenvalue weighted by Crippen LogP contribution is 2.24. The molecule has 22 heavy (non-hydrogen) atoms. The van der Waals surface area contributed by atoms with Gasteiger partial charge in [-0.15, -0.1) is 12.4 Å². The van der Waals surface area contributed by atoms with Crippen molar-refractivity contribution in [2.75, 3.05) is 13.1 Å². The van der Waals surface area contributed by atoms with Crippen LogP contribution in [0.25, 0.3) is 5.69 Å². The van der Waals surface area contributed by atoms with Crippen molar-refractivity contribution in [2.45, 2.75) is 32.4 Å². The molecule has 4 nitrogen and oxygen atoms in total. The standard InChI is InChI=1S/C17H24N4.ClH/c1-14-3-2-9-20(17(14)11-18)12-15-4-6-16(7-5-15)21-10-8-19-13-21;/h4-8,10,13-14,17H,2-3,9,11-12,18H2,1H3;1H. The Bertz CT molecular complexity index is 553. The first-order valence-corrected chi connectivity index (χ1v) is 7.79. The van der Waals surface area contributed by atoms with Gasteiger partial charge in [0, 0.05) is 37.2 Å². The summed E-state index contributed by atoms with van der Waals surface area (Å²) in [5.74, 6) is 0.703. The molecule has 120 valence electrons. The van der Waals surface area contributed by atoms with Gasteiger partial charge in [-0.2, -0.15) is 0 Å². The highest BCUT2D eigenvalue weighted by Gasteiger charge is 2.27. The minimum Gasteiger partial charge on any atom is -0.329 e. The molecule has 2 unspecified atom stereocenters. The van der Waals surface area contributed by atoms with E-state index in [1.807, 2.05) is 17.1 Å². The molecule has 0 radical (unpaired) electrons. The molecule has 0 bridgehead atoms. The molecule has 1 aromatic heterocycles. The van der Waals surface area contributed by atoms with Gasteiger partial charge in [0.05, 0.1) is 6.33 Å². The third-order valence-electron chi connectivity index (χ3n) is 4.60. The minimum absolute atomic E-state index is 0. The number of aromatic nitrogens is 2. The van der Waals surface area contributed by atoms with Crippen LogP contribution in [0.2, 0.25) is 0 Å². The van der Waals surface area contributed by atoms with Gasteiger partial charge in [0.1, 0.15) is 0 Å². The zero-order valence-electron chi connectivity index (χ0n) is 13.1. The van der Waals surface area contributed by atoms with Gasteiger partial charge >= 0.3 is 0 Å². The Labute approximate surface area is 138 Å². The number of hydrogen-bond acceptors (Lipinski definition) is 3. The molecule has 0 aliphatic carbocycles. The molecule has 2 aromatic rings. The van der Waals surface area contributed by atoms with Crippen LogP contribution in [-0.4, -0.2) is 33.6 Å². The third-order valence-corrected chi connectivity index (χ3v) is 4.60. The average Bonchev–Trinajstić information content (AvgIpc) is 3.03. The lowest BCUT2D eigenvalue weighted by Crippen LogP contribution is -2.47. The number of rotatable bonds is 4. The molecular formula is C17H25ClN4. The smallest absolute Gasteiger partial charge is 0.0991 e. The number of hydrogen-bond donors (Lipinski definition) is 1. The lowest BCUT2D eigenvalue weighted by atomic mass is 9.90. The van der Waals surface area contributed by atoms with Crippen LogP contribution in [0, 0.1) is 5.92 Å². The van der Waals surface area contributed by atoms with Crippen molar-refractivity contribution in [3.8, 4) is 5.69 Å². The van der Waals surface area contributed by atoms with E-state index in [2.05, 4.69) is 41.1 Å². The lowest BCUT2D eigenvalue weighted by molar-refractivity contribution is 0.0991. The second kappa shape index (κ2) is 7.77. The van der Waals surface area contributed by atoms with Gasteiger partial charge < -0.3 is 10.3 Å². The fraction of sp³-hybridized carbons (Fsp3) is 0.471. The molecule has 1 saturated heterocycles. The van der Waals surface area contributed by atoms with Crippen molar-refractivity contribution in [2.24, 2.45) is 11.7 Å². The average molecular weight is 321 g/mol. The molecule has 2 N–H and O–H groups in total. The Morgan fingerprint density at radius 1 is 1.27 bits per heavy atom. The first-order valence-electron chi connectivity index (χ1n) is 7.79. The predicted molar refractivity (Wildman–Crippen MR) is 92.5 cm³/mol. The predicted octanol–water partition coefficient (Wildman–Crippen LogP) is 2.85. The van der Waals surface area contributed by atoms with Crippen molar-refractivity contribution in [3.05, 3.63) is 48.5 Å². The first-order chi connectivity index (χ1) is 10.3. The highest BCUT2D eigenvalue weighted by atomic mass is 35.5. The van der Waals surface area contributed by atoms with Gasteiger partial charge in [-0.25, -0.2) is 4.98 Å². The number of likely N-dealkylation sites (tertiary alicyclic amines) is 1. The van der Waals surface area contributed by atoms with E-state index >= 15 is 0 Å². The summed E-state index contributed by atoms with van der Waals surface area (Å²) in [6.45, 7) is 5.24. The van der Waals surface area contributed by atoms with Gasteiger partial charge in [-0.1, -0.05) is 19.1 Å². The zero-order valence-corrected chi connectivity index (χ0v) is 13.9. The molecule has 5 heteroatoms. The van der Waals surface area contributed by atoms with Crippen LogP contribution < -0.4 is 5.73 Å². The summed E-state index contributed by atoms with van der Waals surface area (Å²) in [7, 11) is 0. The molecule has 1 aromatic carbocycles. The van der Waals surface area contributed by atoms with E-state index in [-0.39, 0.29) is 12.4 Å². The molecule has 1 aliphatic rings. The van der Waals surface area contributed by atoms with Crippen molar-refractivity contribution in [3.63, 3.8) is 0 Å². The molecule has 0 amide bonds. The summed E-state index contributed by atoms with van der Waals surface area (Å²) in [4.78, 5) is 6.63. The Morgan fingerprint density at radius 2 is 2.05 bits per heavy atom. The summed E-state index contributed by atoms with van der Waals surface area (Å²) in [6, 6.07) is 9.25. The highest BCUT2D eigenvalue weighted by molar-refractivity contribution is 5.85. The maximum atomic E-state index is 5.97. The molecule has 1 aliphatic heterocycles. The normalized spacial score (nSPS) is 22.3. The number of piperidine rings is 1. The number of halogens is 1. The number of benzene rings is 1. The largest absolute Gasteiger partial charge is 0.329 e. The van der Waals surface area contributed by atoms with Crippen LogP contribution in [0.5, 0.6) is 0 Å². The topological polar surface area (TPSA) is 47.1 Å². The van der Waals surface area contributed by atoms with Crippen molar-refractivity contribution < 1.29 is 0 Å². The van der Waals surface area contributed by atoms with E-state index in [0.29, 0.717) is 12.0 Å². The summed E-state index contributed by atoms with van der Waals surface area (Å²) in [5.41, 5.74) is 8.48. The van der Waals surface area contributed by atoms with Crippen LogP contribution in [0.4, 0.5) is 0 Å². The summed E-state index contributed by atoms with van der Waals surface area (Å²) in [6.07, 6.45) is 8.18. The summed E-state index contributed by atoms with van der Waals surface area (Å²) in [5, 5.41) is 0. The van der Waals surface area contributed by atoms with Crippen molar-refractivity contribution in [1.82, 2.24) is 14.5 Å². The minimum atomic E-state index is 0. The zero-order chi connectivity index (χ0) is 14.7. The van der Waals surface area contributed by atoms with E-state index in [1.165, 1.54) is 18.4 Å². The van der Waals surface area contributed by atoms with Gasteiger partial charge in [-0.3, -0.25) is 4.90 Å². The second-order valence-corrected chi connectivity index (χ2v) is 6.03. The van der Waals surface area contributed by atoms with Crippen LogP contribution >= 0.6 is 12.4 Å². The SMILES string of the molecule is CC1CCCN(Cc2ccc(-n3ccnc3)cc2)C1CN.Cl. The number of nitrogens with zero attached hydrogens (tertiary/aromatic N) is 3. The fourth-order valence-corrected chi connectivity index (χ4v) is 3.33. The van der Waals surface area contributed by atoms with Gasteiger partial charge in [-0.05, 0) is 43.0 Å². The number of imidazole rings is 1. The van der Waals surface area contributed by atoms with E-state index < -0.39 is 0 Å². The monoisotopic (exact) mass is 320 g/mol. The van der Waals surface area contributed by atoms with Crippen LogP contribution in [0.3, 0.4) is 0 Å². The first kappa shape index (κ1) is 17.0. The van der Waals surface area contributed by atoms with Gasteiger partial charge in [0.15, 0.2) is 0 Å². The molecule has 2 atom stereocenters. The van der Waals surface area contributed by atoms with Gasteiger partial charge in [0.25, 0.3) is 0 Å². The van der Waals surface area contributed by atoms with Crippen LogP contribution in [-0.2, 0) is 6.54 Å². The fourth-order valence-electron chi connectivity index (χ4n) is 3.33. The molecular weight excluding hydrogens is 296 g/mol. The van der Waals surface area contributed by atoms with Crippen LogP contribution in [0.1, 0.15) is 25.3 Å². The second-order valence-electron chi connectivity index (χ2n) is 6.03. The van der Waals surface area contributed by atoms with Crippen molar-refractivity contribution in [1.29, 1.82) is 0 Å². The molecule has 1 fully saturated rings. The van der Waals surface area contributed by atoms with E-state index in [9.17, 15) is 0 Å². The molecule has 2 heterocycles. The maximum Gasteiger partial charge on any atom is 0.0991 e. The Balaban J connectivity index is 0.00000176. The Hall–Kier alpha value is -1.36. The molecule has 0 spiro atoms. The van der Waals surface area contributed by atoms with Gasteiger partial charge in [0.2, 0.25) is 0 Å². The molecule has 0 saturated carbocycles. The summed E-state index contributed by atoms with van der Waals surface area (Å²) >= 11 is 0. The van der Waals surface area contributed by atoms with E-state index in [4.69, 9.17) is 5.73 Å². The Morgan fingerprint density at radius 3 is 2.68 bits per heavy atom. The van der Waals surface area contributed by atoms with E-state index in [1.54, 1.807) is 6.20 Å². The lowest BCUT2D eigenvalue weighted by Gasteiger charge is -2.39. The summed E-state index contributed by atoms with van der Waals surface area (Å²) < 4.78 is 2.02.